The van der Waals surface area contributed by atoms with Crippen LogP contribution in [0.25, 0.3) is 0 Å². The van der Waals surface area contributed by atoms with Crippen LogP contribution in [0.4, 0.5) is 8.78 Å². The Labute approximate surface area is 86.2 Å². The van der Waals surface area contributed by atoms with E-state index in [1.54, 1.807) is 0 Å². The van der Waals surface area contributed by atoms with Gasteiger partial charge in [-0.05, 0) is 13.8 Å². The molecule has 8 heteroatoms. The molecule has 0 aliphatic rings. The van der Waals surface area contributed by atoms with Crippen molar-refractivity contribution in [2.24, 2.45) is 0 Å². The zero-order valence-electron chi connectivity index (χ0n) is 8.66. The second kappa shape index (κ2) is 5.53. The van der Waals surface area contributed by atoms with E-state index in [4.69, 9.17) is 0 Å². The van der Waals surface area contributed by atoms with Gasteiger partial charge < -0.3 is 13.8 Å². The first-order valence-corrected chi connectivity index (χ1v) is 5.75. The fourth-order valence-corrected chi connectivity index (χ4v) is 2.17. The molecule has 0 aliphatic carbocycles. The van der Waals surface area contributed by atoms with Crippen LogP contribution in [-0.4, -0.2) is 32.0 Å². The number of alkyl halides is 2. The van der Waals surface area contributed by atoms with Crippen LogP contribution in [0.3, 0.4) is 0 Å². The molecule has 90 valence electrons. The molecule has 0 aliphatic heterocycles. The summed E-state index contributed by atoms with van der Waals surface area (Å²) in [6.07, 6.45) is 0. The number of carbonyl (C=O) groups excluding carboxylic acids is 1. The van der Waals surface area contributed by atoms with Gasteiger partial charge >= 0.3 is 19.2 Å². The van der Waals surface area contributed by atoms with Crippen LogP contribution in [0, 0.1) is 0 Å². The Morgan fingerprint density at radius 3 is 1.93 bits per heavy atom. The Bertz CT molecular complexity index is 258. The summed E-state index contributed by atoms with van der Waals surface area (Å²) in [6.45, 7) is 2.20. The van der Waals surface area contributed by atoms with Crippen molar-refractivity contribution in [3.8, 4) is 0 Å². The normalized spacial score (nSPS) is 12.6. The first-order valence-electron chi connectivity index (χ1n) is 4.21. The molecule has 0 amide bonds. The van der Waals surface area contributed by atoms with Gasteiger partial charge in [-0.15, -0.1) is 0 Å². The Balaban J connectivity index is 5.05. The largest absolute Gasteiger partial charge is 0.464 e. The van der Waals surface area contributed by atoms with E-state index in [1.807, 2.05) is 0 Å². The van der Waals surface area contributed by atoms with Gasteiger partial charge in [0, 0.05) is 0 Å². The number of ether oxygens (including phenoxy) is 1. The lowest BCUT2D eigenvalue weighted by atomic mass is 10.7. The molecule has 0 radical (unpaired) electrons. The lowest BCUT2D eigenvalue weighted by molar-refractivity contribution is -0.160. The number of halogens is 2. The molecule has 0 atom stereocenters. The predicted molar refractivity (Wildman–Crippen MR) is 47.8 cm³/mol. The van der Waals surface area contributed by atoms with Crippen molar-refractivity contribution in [2.45, 2.75) is 19.5 Å². The summed E-state index contributed by atoms with van der Waals surface area (Å²) in [6, 6.07) is 0. The minimum Gasteiger partial charge on any atom is -0.464 e. The van der Waals surface area contributed by atoms with E-state index in [1.165, 1.54) is 13.8 Å². The average molecular weight is 246 g/mol. The van der Waals surface area contributed by atoms with Gasteiger partial charge in [0.25, 0.3) is 0 Å². The smallest absolute Gasteiger partial charge is 0.440 e. The maximum Gasteiger partial charge on any atom is 0.440 e. The zero-order chi connectivity index (χ0) is 12.1. The number of esters is 1. The topological polar surface area (TPSA) is 61.8 Å². The molecule has 0 fully saturated rings. The lowest BCUT2D eigenvalue weighted by Gasteiger charge is -2.23. The summed E-state index contributed by atoms with van der Waals surface area (Å²) < 4.78 is 50.6. The second-order valence-electron chi connectivity index (χ2n) is 2.37. The standard InChI is InChI=1S/C7H13F2O5P/c1-4-13-15(11,14-5-2)7(8,9)6(10)12-3/h4-5H2,1-3H3. The van der Waals surface area contributed by atoms with Crippen LogP contribution in [-0.2, 0) is 23.1 Å². The maximum atomic E-state index is 13.3. The van der Waals surface area contributed by atoms with Gasteiger partial charge in [-0.25, -0.2) is 4.79 Å². The van der Waals surface area contributed by atoms with Crippen molar-refractivity contribution in [3.05, 3.63) is 0 Å². The van der Waals surface area contributed by atoms with Crippen molar-refractivity contribution in [1.82, 2.24) is 0 Å². The van der Waals surface area contributed by atoms with Gasteiger partial charge in [-0.3, -0.25) is 4.57 Å². The Kier molecular flexibility index (Phi) is 5.34. The highest BCUT2D eigenvalue weighted by Crippen LogP contribution is 2.62. The molecular formula is C7H13F2O5P. The number of hydrogen-bond donors (Lipinski definition) is 0. The zero-order valence-corrected chi connectivity index (χ0v) is 9.55. The van der Waals surface area contributed by atoms with Crippen LogP contribution >= 0.6 is 7.60 Å². The number of hydrogen-bond acceptors (Lipinski definition) is 5. The van der Waals surface area contributed by atoms with Gasteiger partial charge in [-0.1, -0.05) is 0 Å². The van der Waals surface area contributed by atoms with E-state index in [-0.39, 0.29) is 13.2 Å². The van der Waals surface area contributed by atoms with Crippen molar-refractivity contribution in [2.75, 3.05) is 20.3 Å². The van der Waals surface area contributed by atoms with Crippen LogP contribution in [0.2, 0.25) is 0 Å². The van der Waals surface area contributed by atoms with E-state index in [0.717, 1.165) is 7.11 Å². The van der Waals surface area contributed by atoms with Gasteiger partial charge in [0.1, 0.15) is 0 Å². The molecule has 0 saturated heterocycles. The van der Waals surface area contributed by atoms with Crippen molar-refractivity contribution < 1.29 is 31.9 Å². The first kappa shape index (κ1) is 14.5. The number of methoxy groups -OCH3 is 1. The molecule has 0 aromatic carbocycles. The van der Waals surface area contributed by atoms with Gasteiger partial charge in [-0.2, -0.15) is 8.78 Å². The van der Waals surface area contributed by atoms with E-state index in [0.29, 0.717) is 0 Å². The molecule has 15 heavy (non-hydrogen) atoms. The van der Waals surface area contributed by atoms with E-state index >= 15 is 0 Å². The first-order chi connectivity index (χ1) is 6.85. The minimum atomic E-state index is -4.80. The van der Waals surface area contributed by atoms with E-state index < -0.39 is 19.2 Å². The highest BCUT2D eigenvalue weighted by atomic mass is 31.2. The molecule has 0 N–H and O–H groups in total. The SMILES string of the molecule is CCOP(=O)(OCC)C(F)(F)C(=O)OC. The third kappa shape index (κ3) is 2.96. The van der Waals surface area contributed by atoms with Gasteiger partial charge in [0.2, 0.25) is 0 Å². The van der Waals surface area contributed by atoms with Crippen molar-refractivity contribution in [3.63, 3.8) is 0 Å². The molecular weight excluding hydrogens is 233 g/mol. The monoisotopic (exact) mass is 246 g/mol. The lowest BCUT2D eigenvalue weighted by Crippen LogP contribution is -2.31. The Hall–Kier alpha value is -0.520. The summed E-state index contributed by atoms with van der Waals surface area (Å²) in [4.78, 5) is 10.7. The fraction of sp³-hybridized carbons (Fsp3) is 0.857. The second-order valence-corrected chi connectivity index (χ2v) is 4.44. The van der Waals surface area contributed by atoms with Gasteiger partial charge in [0.05, 0.1) is 20.3 Å². The molecule has 0 heterocycles. The van der Waals surface area contributed by atoms with Crippen molar-refractivity contribution >= 4 is 13.6 Å². The van der Waals surface area contributed by atoms with Gasteiger partial charge in [0.15, 0.2) is 0 Å². The summed E-state index contributed by atoms with van der Waals surface area (Å²) >= 11 is 0. The minimum absolute atomic E-state index is 0.260. The summed E-state index contributed by atoms with van der Waals surface area (Å²) in [5, 5.41) is 0. The van der Waals surface area contributed by atoms with Crippen molar-refractivity contribution in [1.29, 1.82) is 0 Å². The number of rotatable bonds is 6. The molecule has 0 rings (SSSR count). The molecule has 0 aromatic rings. The van der Waals surface area contributed by atoms with Crippen LogP contribution < -0.4 is 0 Å². The van der Waals surface area contributed by atoms with Crippen LogP contribution in [0.15, 0.2) is 0 Å². The average Bonchev–Trinajstić information content (AvgIpc) is 2.17. The Morgan fingerprint density at radius 2 is 1.67 bits per heavy atom. The molecule has 0 spiro atoms. The molecule has 0 bridgehead atoms. The molecule has 0 saturated carbocycles. The summed E-state index contributed by atoms with van der Waals surface area (Å²) in [7, 11) is -4.04. The summed E-state index contributed by atoms with van der Waals surface area (Å²) in [5.74, 6) is -1.94. The highest BCUT2D eigenvalue weighted by Gasteiger charge is 2.61. The molecule has 0 unspecified atom stereocenters. The third-order valence-corrected chi connectivity index (χ3v) is 3.44. The predicted octanol–water partition coefficient (Wildman–Crippen LogP) is 2.02. The third-order valence-electron chi connectivity index (χ3n) is 1.37. The van der Waals surface area contributed by atoms with Crippen LogP contribution in [0.1, 0.15) is 13.8 Å². The van der Waals surface area contributed by atoms with E-state index in [9.17, 15) is 18.1 Å². The number of carbonyl (C=O) groups is 1. The fourth-order valence-electron chi connectivity index (χ4n) is 0.774. The Morgan fingerprint density at radius 1 is 1.27 bits per heavy atom. The highest BCUT2D eigenvalue weighted by molar-refractivity contribution is 7.56. The van der Waals surface area contributed by atoms with Crippen LogP contribution in [0.5, 0.6) is 0 Å². The molecule has 5 nitrogen and oxygen atoms in total. The quantitative estimate of drug-likeness (QED) is 0.530. The summed E-state index contributed by atoms with van der Waals surface area (Å²) in [5.41, 5.74) is -4.28. The van der Waals surface area contributed by atoms with E-state index in [2.05, 4.69) is 13.8 Å². The maximum absolute atomic E-state index is 13.3. The molecule has 0 aromatic heterocycles.